The molecule has 3 aromatic carbocycles. The summed E-state index contributed by atoms with van der Waals surface area (Å²) in [6, 6.07) is 21.1. The van der Waals surface area contributed by atoms with Crippen LogP contribution in [-0.2, 0) is 12.8 Å². The highest BCUT2D eigenvalue weighted by Gasteiger charge is 2.25. The summed E-state index contributed by atoms with van der Waals surface area (Å²) in [6.07, 6.45) is 1.24. The number of hydrogen-bond acceptors (Lipinski definition) is 2. The van der Waals surface area contributed by atoms with E-state index in [0.717, 1.165) is 17.7 Å². The standard InChI is InChI=1S/C24H21FN2O2/c25-21-10-3-1-6-17(21)12-14-26-23(28)19-8-5-9-20(16-19)24(29)27-15-13-18-7-2-4-11-22(18)27/h1-11,16H,12-15H2,(H,26,28). The third kappa shape index (κ3) is 4.04. The zero-order valence-electron chi connectivity index (χ0n) is 15.9. The molecule has 29 heavy (non-hydrogen) atoms. The molecule has 3 aromatic rings. The first kappa shape index (κ1) is 18.9. The molecule has 0 atom stereocenters. The maximum absolute atomic E-state index is 13.7. The smallest absolute Gasteiger partial charge is 0.258 e. The number of rotatable bonds is 5. The number of fused-ring (bicyclic) bond motifs is 1. The van der Waals surface area contributed by atoms with Gasteiger partial charge in [0.1, 0.15) is 5.82 Å². The minimum absolute atomic E-state index is 0.115. The third-order valence-electron chi connectivity index (χ3n) is 5.14. The van der Waals surface area contributed by atoms with Crippen molar-refractivity contribution in [2.75, 3.05) is 18.0 Å². The van der Waals surface area contributed by atoms with Crippen LogP contribution in [0, 0.1) is 5.82 Å². The van der Waals surface area contributed by atoms with Crippen LogP contribution in [0.2, 0.25) is 0 Å². The van der Waals surface area contributed by atoms with Crippen LogP contribution in [0.15, 0.2) is 72.8 Å². The molecule has 0 saturated heterocycles. The molecule has 5 heteroatoms. The van der Waals surface area contributed by atoms with Gasteiger partial charge in [0.15, 0.2) is 0 Å². The summed E-state index contributed by atoms with van der Waals surface area (Å²) in [6.45, 7) is 0.953. The topological polar surface area (TPSA) is 49.4 Å². The number of hydrogen-bond donors (Lipinski definition) is 1. The molecule has 0 bridgehead atoms. The molecule has 146 valence electrons. The normalized spacial score (nSPS) is 12.5. The summed E-state index contributed by atoms with van der Waals surface area (Å²) < 4.78 is 13.7. The van der Waals surface area contributed by atoms with Crippen LogP contribution in [0.3, 0.4) is 0 Å². The number of anilines is 1. The van der Waals surface area contributed by atoms with Crippen molar-refractivity contribution >= 4 is 17.5 Å². The molecule has 0 saturated carbocycles. The molecular formula is C24H21FN2O2. The van der Waals surface area contributed by atoms with Gasteiger partial charge in [0.05, 0.1) is 0 Å². The third-order valence-corrected chi connectivity index (χ3v) is 5.14. The van der Waals surface area contributed by atoms with Gasteiger partial charge in [-0.2, -0.15) is 0 Å². The SMILES string of the molecule is O=C(NCCc1ccccc1F)c1cccc(C(=O)N2CCc3ccccc32)c1. The highest BCUT2D eigenvalue weighted by atomic mass is 19.1. The van der Waals surface area contributed by atoms with E-state index in [0.29, 0.717) is 36.2 Å². The van der Waals surface area contributed by atoms with Crippen molar-refractivity contribution in [3.63, 3.8) is 0 Å². The Bertz CT molecular complexity index is 1060. The fourth-order valence-electron chi connectivity index (χ4n) is 3.61. The summed E-state index contributed by atoms with van der Waals surface area (Å²) in [5.74, 6) is -0.672. The fraction of sp³-hybridized carbons (Fsp3) is 0.167. The Kier molecular flexibility index (Phi) is 5.38. The van der Waals surface area contributed by atoms with E-state index in [1.807, 2.05) is 24.3 Å². The first-order valence-corrected chi connectivity index (χ1v) is 9.65. The van der Waals surface area contributed by atoms with Crippen LogP contribution >= 0.6 is 0 Å². The average molecular weight is 388 g/mol. The molecule has 0 aromatic heterocycles. The molecule has 0 unspecified atom stereocenters. The Morgan fingerprint density at radius 1 is 0.931 bits per heavy atom. The van der Waals surface area contributed by atoms with Gasteiger partial charge in [-0.1, -0.05) is 42.5 Å². The van der Waals surface area contributed by atoms with Crippen molar-refractivity contribution in [1.82, 2.24) is 5.32 Å². The van der Waals surface area contributed by atoms with E-state index >= 15 is 0 Å². The number of carbonyl (C=O) groups excluding carboxylic acids is 2. The van der Waals surface area contributed by atoms with Crippen LogP contribution in [0.25, 0.3) is 0 Å². The van der Waals surface area contributed by atoms with Gasteiger partial charge in [0, 0.05) is 29.9 Å². The minimum Gasteiger partial charge on any atom is -0.352 e. The van der Waals surface area contributed by atoms with E-state index in [4.69, 9.17) is 0 Å². The zero-order chi connectivity index (χ0) is 20.2. The Balaban J connectivity index is 1.42. The summed E-state index contributed by atoms with van der Waals surface area (Å²) in [4.78, 5) is 27.2. The predicted octanol–water partition coefficient (Wildman–Crippen LogP) is 4.00. The van der Waals surface area contributed by atoms with Crippen molar-refractivity contribution in [2.45, 2.75) is 12.8 Å². The quantitative estimate of drug-likeness (QED) is 0.718. The lowest BCUT2D eigenvalue weighted by molar-refractivity contribution is 0.0954. The zero-order valence-corrected chi connectivity index (χ0v) is 15.9. The maximum Gasteiger partial charge on any atom is 0.258 e. The molecule has 4 nitrogen and oxygen atoms in total. The van der Waals surface area contributed by atoms with E-state index in [2.05, 4.69) is 5.32 Å². The van der Waals surface area contributed by atoms with E-state index in [1.54, 1.807) is 47.4 Å². The molecule has 2 amide bonds. The van der Waals surface area contributed by atoms with Crippen LogP contribution < -0.4 is 10.2 Å². The van der Waals surface area contributed by atoms with Crippen LogP contribution in [0.5, 0.6) is 0 Å². The molecule has 1 N–H and O–H groups in total. The largest absolute Gasteiger partial charge is 0.352 e. The first-order chi connectivity index (χ1) is 14.1. The van der Waals surface area contributed by atoms with Gasteiger partial charge in [0.2, 0.25) is 0 Å². The van der Waals surface area contributed by atoms with Gasteiger partial charge in [-0.3, -0.25) is 9.59 Å². The lowest BCUT2D eigenvalue weighted by atomic mass is 10.1. The first-order valence-electron chi connectivity index (χ1n) is 9.65. The van der Waals surface area contributed by atoms with Gasteiger partial charge in [-0.25, -0.2) is 4.39 Å². The number of amides is 2. The number of nitrogens with one attached hydrogen (secondary N) is 1. The van der Waals surface area contributed by atoms with Gasteiger partial charge in [-0.05, 0) is 54.3 Å². The Hall–Kier alpha value is -3.47. The Labute approximate surface area is 169 Å². The summed E-state index contributed by atoms with van der Waals surface area (Å²) >= 11 is 0. The van der Waals surface area contributed by atoms with Crippen molar-refractivity contribution in [3.8, 4) is 0 Å². The molecule has 0 radical (unpaired) electrons. The molecule has 0 fully saturated rings. The predicted molar refractivity (Wildman–Crippen MR) is 111 cm³/mol. The maximum atomic E-state index is 13.7. The lowest BCUT2D eigenvalue weighted by Gasteiger charge is -2.17. The van der Waals surface area contributed by atoms with E-state index in [-0.39, 0.29) is 17.6 Å². The molecule has 0 aliphatic carbocycles. The van der Waals surface area contributed by atoms with Gasteiger partial charge in [-0.15, -0.1) is 0 Å². The number of halogens is 1. The van der Waals surface area contributed by atoms with Crippen LogP contribution in [-0.4, -0.2) is 24.9 Å². The Morgan fingerprint density at radius 2 is 1.69 bits per heavy atom. The summed E-state index contributed by atoms with van der Waals surface area (Å²) in [7, 11) is 0. The minimum atomic E-state index is -0.280. The molecule has 0 spiro atoms. The highest BCUT2D eigenvalue weighted by molar-refractivity contribution is 6.08. The van der Waals surface area contributed by atoms with Crippen LogP contribution in [0.1, 0.15) is 31.8 Å². The molecule has 4 rings (SSSR count). The van der Waals surface area contributed by atoms with Crippen molar-refractivity contribution in [1.29, 1.82) is 0 Å². The average Bonchev–Trinajstić information content (AvgIpc) is 3.19. The monoisotopic (exact) mass is 388 g/mol. The second-order valence-corrected chi connectivity index (χ2v) is 7.01. The van der Waals surface area contributed by atoms with Crippen molar-refractivity contribution in [3.05, 3.63) is 101 Å². The van der Waals surface area contributed by atoms with Gasteiger partial charge >= 0.3 is 0 Å². The number of benzene rings is 3. The van der Waals surface area contributed by atoms with E-state index in [1.165, 1.54) is 6.07 Å². The highest BCUT2D eigenvalue weighted by Crippen LogP contribution is 2.28. The summed E-state index contributed by atoms with van der Waals surface area (Å²) in [5, 5.41) is 2.80. The second-order valence-electron chi connectivity index (χ2n) is 7.01. The number of para-hydroxylation sites is 1. The van der Waals surface area contributed by atoms with Crippen molar-refractivity contribution in [2.24, 2.45) is 0 Å². The van der Waals surface area contributed by atoms with Gasteiger partial charge in [0.25, 0.3) is 11.8 Å². The fourth-order valence-corrected chi connectivity index (χ4v) is 3.61. The number of carbonyl (C=O) groups is 2. The van der Waals surface area contributed by atoms with E-state index < -0.39 is 0 Å². The molecule has 1 aliphatic rings. The summed E-state index contributed by atoms with van der Waals surface area (Å²) in [5.41, 5.74) is 3.53. The number of nitrogens with zero attached hydrogens (tertiary/aromatic N) is 1. The van der Waals surface area contributed by atoms with E-state index in [9.17, 15) is 14.0 Å². The van der Waals surface area contributed by atoms with Crippen molar-refractivity contribution < 1.29 is 14.0 Å². The lowest BCUT2D eigenvalue weighted by Crippen LogP contribution is -2.30. The Morgan fingerprint density at radius 3 is 2.55 bits per heavy atom. The molecule has 1 heterocycles. The molecular weight excluding hydrogens is 367 g/mol. The second kappa shape index (κ2) is 8.27. The molecule has 1 aliphatic heterocycles. The van der Waals surface area contributed by atoms with Crippen LogP contribution in [0.4, 0.5) is 10.1 Å². The van der Waals surface area contributed by atoms with Gasteiger partial charge < -0.3 is 10.2 Å².